The quantitative estimate of drug-likeness (QED) is 0.845. The number of benzene rings is 1. The molecule has 0 fully saturated rings. The minimum absolute atomic E-state index is 0.291. The minimum atomic E-state index is -0.679. The van der Waals surface area contributed by atoms with Gasteiger partial charge in [-0.15, -0.1) is 0 Å². The Balaban J connectivity index is 2.66. The van der Waals surface area contributed by atoms with E-state index in [-0.39, 0.29) is 5.91 Å². The molecule has 0 aliphatic rings. The van der Waals surface area contributed by atoms with E-state index in [0.717, 1.165) is 10.9 Å². The zero-order valence-electron chi connectivity index (χ0n) is 9.40. The molecular weight excluding hydrogens is 217 g/mol. The lowest BCUT2D eigenvalue weighted by molar-refractivity contribution is 0.100. The Morgan fingerprint density at radius 3 is 2.38 bits per heavy atom. The van der Waals surface area contributed by atoms with Crippen molar-refractivity contribution in [1.29, 1.82) is 0 Å². The highest BCUT2D eigenvalue weighted by molar-refractivity contribution is 7.58. The normalized spacial score (nSPS) is 11.5. The van der Waals surface area contributed by atoms with Crippen molar-refractivity contribution in [2.75, 3.05) is 0 Å². The third-order valence-corrected chi connectivity index (χ3v) is 5.32. The van der Waals surface area contributed by atoms with Crippen LogP contribution in [0.4, 0.5) is 0 Å². The first kappa shape index (κ1) is 11.0. The van der Waals surface area contributed by atoms with E-state index in [4.69, 9.17) is 5.73 Å². The average Bonchev–Trinajstić information content (AvgIpc) is 2.57. The molecule has 1 unspecified atom stereocenters. The van der Waals surface area contributed by atoms with Crippen LogP contribution in [0, 0.1) is 13.8 Å². The van der Waals surface area contributed by atoms with Crippen LogP contribution in [0.5, 0.6) is 0 Å². The second kappa shape index (κ2) is 4.15. The van der Waals surface area contributed by atoms with Gasteiger partial charge in [-0.3, -0.25) is 4.79 Å². The van der Waals surface area contributed by atoms with Crippen molar-refractivity contribution in [3.05, 3.63) is 52.6 Å². The lowest BCUT2D eigenvalue weighted by atomic mass is 10.2. The molecule has 2 aromatic rings. The van der Waals surface area contributed by atoms with Crippen molar-refractivity contribution >= 4 is 13.4 Å². The topological polar surface area (TPSA) is 43.1 Å². The maximum absolute atomic E-state index is 11.5. The van der Waals surface area contributed by atoms with Gasteiger partial charge in [0.1, 0.15) is 0 Å². The second-order valence-corrected chi connectivity index (χ2v) is 5.82. The molecule has 1 aromatic heterocycles. The zero-order valence-corrected chi connectivity index (χ0v) is 10.3. The maximum Gasteiger partial charge on any atom is 0.253 e. The summed E-state index contributed by atoms with van der Waals surface area (Å²) in [6.45, 7) is 4.00. The van der Waals surface area contributed by atoms with E-state index in [1.54, 1.807) is 0 Å². The van der Waals surface area contributed by atoms with Crippen LogP contribution < -0.4 is 5.73 Å². The summed E-state index contributed by atoms with van der Waals surface area (Å²) >= 11 is 0. The summed E-state index contributed by atoms with van der Waals surface area (Å²) < 4.78 is 0. The van der Waals surface area contributed by atoms with Crippen LogP contribution in [0.3, 0.4) is 0 Å². The van der Waals surface area contributed by atoms with Crippen molar-refractivity contribution < 1.29 is 4.79 Å². The lowest BCUT2D eigenvalue weighted by Crippen LogP contribution is -2.10. The van der Waals surface area contributed by atoms with Gasteiger partial charge in [-0.25, -0.2) is 0 Å². The van der Waals surface area contributed by atoms with E-state index >= 15 is 0 Å². The fourth-order valence-corrected chi connectivity index (χ4v) is 4.20. The second-order valence-electron chi connectivity index (χ2n) is 3.86. The highest BCUT2D eigenvalue weighted by Gasteiger charge is 2.16. The Labute approximate surface area is 96.2 Å². The summed E-state index contributed by atoms with van der Waals surface area (Å²) in [5.41, 5.74) is 7.68. The summed E-state index contributed by atoms with van der Waals surface area (Å²) in [4.78, 5) is 11.5. The van der Waals surface area contributed by atoms with Crippen molar-refractivity contribution in [3.63, 3.8) is 0 Å². The molecule has 3 heteroatoms. The lowest BCUT2D eigenvalue weighted by Gasteiger charge is -2.03. The molecule has 1 amide bonds. The summed E-state index contributed by atoms with van der Waals surface area (Å²) in [5.74, 6) is 1.88. The molecule has 0 saturated heterocycles. The Bertz CT molecular complexity index is 528. The smallest absolute Gasteiger partial charge is 0.253 e. The SMILES string of the molecule is Cc1cp(-c2ccccc2)c(C(N)=O)c1C. The first-order valence-electron chi connectivity index (χ1n) is 5.15. The molecule has 1 heterocycles. The van der Waals surface area contributed by atoms with E-state index in [0.29, 0.717) is 0 Å². The van der Waals surface area contributed by atoms with Gasteiger partial charge in [0, 0.05) is 0 Å². The van der Waals surface area contributed by atoms with Gasteiger partial charge in [0.2, 0.25) is 0 Å². The molecule has 2 rings (SSSR count). The van der Waals surface area contributed by atoms with E-state index < -0.39 is 7.53 Å². The van der Waals surface area contributed by atoms with Gasteiger partial charge in [-0.05, 0) is 36.1 Å². The number of carbonyl (C=O) groups excluding carboxylic acids is 1. The molecule has 82 valence electrons. The number of hydrogen-bond acceptors (Lipinski definition) is 1. The molecule has 0 aliphatic carbocycles. The fraction of sp³-hybridized carbons (Fsp3) is 0.154. The largest absolute Gasteiger partial charge is 0.365 e. The van der Waals surface area contributed by atoms with Crippen LogP contribution in [-0.4, -0.2) is 5.91 Å². The molecule has 0 saturated carbocycles. The number of rotatable bonds is 2. The number of amides is 1. The number of nitrogens with two attached hydrogens (primary N) is 1. The summed E-state index contributed by atoms with van der Waals surface area (Å²) in [6.07, 6.45) is 0. The highest BCUT2D eigenvalue weighted by atomic mass is 31.1. The van der Waals surface area contributed by atoms with E-state index in [1.807, 2.05) is 32.0 Å². The first-order valence-corrected chi connectivity index (χ1v) is 6.56. The number of aryl methyl sites for hydroxylation is 1. The third-order valence-electron chi connectivity index (χ3n) is 2.78. The van der Waals surface area contributed by atoms with Crippen LogP contribution in [0.25, 0.3) is 5.30 Å². The fourth-order valence-electron chi connectivity index (χ4n) is 1.82. The van der Waals surface area contributed by atoms with Gasteiger partial charge < -0.3 is 5.73 Å². The molecule has 0 radical (unpaired) electrons. The van der Waals surface area contributed by atoms with Gasteiger partial charge in [0.05, 0.1) is 5.30 Å². The molecular formula is C13H14NOP. The Hall–Kier alpha value is -1.53. The number of primary amides is 1. The predicted molar refractivity (Wildman–Crippen MR) is 68.5 cm³/mol. The van der Waals surface area contributed by atoms with Gasteiger partial charge in [0.25, 0.3) is 5.91 Å². The van der Waals surface area contributed by atoms with E-state index in [9.17, 15) is 4.79 Å². The monoisotopic (exact) mass is 231 g/mol. The summed E-state index contributed by atoms with van der Waals surface area (Å²) in [6, 6.07) is 10.1. The number of hydrogen-bond donors (Lipinski definition) is 1. The van der Waals surface area contributed by atoms with Crippen LogP contribution in [-0.2, 0) is 0 Å². The molecule has 2 nitrogen and oxygen atoms in total. The minimum Gasteiger partial charge on any atom is -0.365 e. The van der Waals surface area contributed by atoms with E-state index in [2.05, 4.69) is 17.9 Å². The molecule has 0 spiro atoms. The van der Waals surface area contributed by atoms with Gasteiger partial charge in [-0.1, -0.05) is 37.9 Å². The number of carbonyl (C=O) groups is 1. The van der Waals surface area contributed by atoms with Gasteiger partial charge >= 0.3 is 0 Å². The van der Waals surface area contributed by atoms with Gasteiger partial charge in [0.15, 0.2) is 0 Å². The molecule has 0 aliphatic heterocycles. The van der Waals surface area contributed by atoms with Crippen molar-refractivity contribution in [1.82, 2.24) is 0 Å². The highest BCUT2D eigenvalue weighted by Crippen LogP contribution is 2.46. The Morgan fingerprint density at radius 2 is 1.81 bits per heavy atom. The van der Waals surface area contributed by atoms with Crippen molar-refractivity contribution in [2.45, 2.75) is 13.8 Å². The molecule has 1 aromatic carbocycles. The van der Waals surface area contributed by atoms with Crippen LogP contribution in [0.1, 0.15) is 21.2 Å². The summed E-state index contributed by atoms with van der Waals surface area (Å²) in [7, 11) is -0.679. The predicted octanol–water partition coefficient (Wildman–Crippen LogP) is 3.38. The van der Waals surface area contributed by atoms with Gasteiger partial charge in [-0.2, -0.15) is 0 Å². The van der Waals surface area contributed by atoms with Crippen molar-refractivity contribution in [2.24, 2.45) is 5.73 Å². The standard InChI is InChI=1S/C13H14NOP/c1-9-8-16(11-6-4-3-5-7-11)12(10(9)2)13(14)15/h3-8H,1-2H3,(H2,14,15). The van der Waals surface area contributed by atoms with Crippen LogP contribution >= 0.6 is 7.53 Å². The molecule has 16 heavy (non-hydrogen) atoms. The first-order chi connectivity index (χ1) is 7.61. The van der Waals surface area contributed by atoms with Crippen molar-refractivity contribution in [3.8, 4) is 5.30 Å². The molecule has 2 N–H and O–H groups in total. The molecule has 0 bridgehead atoms. The molecule has 1 atom stereocenters. The Kier molecular flexibility index (Phi) is 2.84. The zero-order chi connectivity index (χ0) is 11.7. The summed E-state index contributed by atoms with van der Waals surface area (Å²) in [5, 5.41) is 1.97. The van der Waals surface area contributed by atoms with Crippen LogP contribution in [0.2, 0.25) is 0 Å². The average molecular weight is 231 g/mol. The maximum atomic E-state index is 11.5. The Morgan fingerprint density at radius 1 is 1.19 bits per heavy atom. The van der Waals surface area contributed by atoms with E-state index in [1.165, 1.54) is 10.9 Å². The van der Waals surface area contributed by atoms with Crippen LogP contribution in [0.15, 0.2) is 36.1 Å². The third kappa shape index (κ3) is 1.77.